The molecule has 100 valence electrons. The lowest BCUT2D eigenvalue weighted by atomic mass is 10.1. The van der Waals surface area contributed by atoms with Crippen LogP contribution < -0.4 is 0 Å². The molecule has 0 N–H and O–H groups in total. The first-order valence-electron chi connectivity index (χ1n) is 5.83. The number of ether oxygens (including phenoxy) is 1. The summed E-state index contributed by atoms with van der Waals surface area (Å²) in [4.78, 5) is 22.5. The fraction of sp³-hybridized carbons (Fsp3) is 0.455. The minimum Gasteiger partial charge on any atom is -0.378 e. The molecular weight excluding hydrogens is 254 g/mol. The van der Waals surface area contributed by atoms with Gasteiger partial charge in [-0.05, 0) is 6.07 Å². The first-order valence-corrected chi connectivity index (χ1v) is 5.83. The lowest BCUT2D eigenvalue weighted by Crippen LogP contribution is -2.13. The van der Waals surface area contributed by atoms with E-state index in [9.17, 15) is 20.2 Å². The summed E-state index contributed by atoms with van der Waals surface area (Å²) >= 11 is 0. The van der Waals surface area contributed by atoms with E-state index in [-0.39, 0.29) is 11.4 Å². The Morgan fingerprint density at radius 2 is 1.89 bits per heavy atom. The number of nitro benzene ring substituents is 2. The van der Waals surface area contributed by atoms with Gasteiger partial charge in [0.25, 0.3) is 11.4 Å². The van der Waals surface area contributed by atoms with Crippen LogP contribution in [-0.4, -0.2) is 40.0 Å². The molecule has 1 aromatic rings. The number of rotatable bonds is 4. The molecular formula is C11H11N3O5. The molecule has 3 atom stereocenters. The van der Waals surface area contributed by atoms with Crippen LogP contribution in [0.15, 0.2) is 18.2 Å². The lowest BCUT2D eigenvalue weighted by molar-refractivity contribution is -0.394. The standard InChI is InChI=1S/C11H11N3O5/c15-13(16)8-2-1-7(9(3-8)14(17)18)4-12-10-5-19-6-11(10)12/h1-3,10-11H,4-6H2/t10-,11+,12?. The van der Waals surface area contributed by atoms with Crippen molar-refractivity contribution in [2.24, 2.45) is 0 Å². The maximum absolute atomic E-state index is 11.0. The van der Waals surface area contributed by atoms with Crippen molar-refractivity contribution in [3.8, 4) is 0 Å². The average Bonchev–Trinajstić information content (AvgIpc) is 2.82. The highest BCUT2D eigenvalue weighted by atomic mass is 16.6. The van der Waals surface area contributed by atoms with Crippen molar-refractivity contribution >= 4 is 11.4 Å². The molecule has 1 unspecified atom stereocenters. The van der Waals surface area contributed by atoms with Gasteiger partial charge in [0.05, 0.1) is 41.2 Å². The van der Waals surface area contributed by atoms with E-state index in [1.54, 1.807) is 0 Å². The third-order valence-corrected chi connectivity index (χ3v) is 3.61. The van der Waals surface area contributed by atoms with Crippen molar-refractivity contribution in [1.29, 1.82) is 0 Å². The van der Waals surface area contributed by atoms with E-state index in [0.717, 1.165) is 6.07 Å². The van der Waals surface area contributed by atoms with E-state index in [1.807, 2.05) is 0 Å². The molecule has 0 amide bonds. The Bertz CT molecular complexity index is 551. The molecule has 3 rings (SSSR count). The van der Waals surface area contributed by atoms with Gasteiger partial charge in [-0.15, -0.1) is 0 Å². The van der Waals surface area contributed by atoms with Gasteiger partial charge in [0.2, 0.25) is 0 Å². The van der Waals surface area contributed by atoms with Crippen LogP contribution in [-0.2, 0) is 11.3 Å². The predicted octanol–water partition coefficient (Wildman–Crippen LogP) is 1.09. The topological polar surface area (TPSA) is 98.5 Å². The maximum Gasteiger partial charge on any atom is 0.280 e. The number of fused-ring (bicyclic) bond motifs is 1. The summed E-state index contributed by atoms with van der Waals surface area (Å²) in [6.45, 7) is 1.75. The molecule has 0 bridgehead atoms. The van der Waals surface area contributed by atoms with Gasteiger partial charge in [-0.25, -0.2) is 0 Å². The number of nitrogens with zero attached hydrogens (tertiary/aromatic N) is 3. The molecule has 8 nitrogen and oxygen atoms in total. The van der Waals surface area contributed by atoms with Gasteiger partial charge in [0.1, 0.15) is 0 Å². The lowest BCUT2D eigenvalue weighted by Gasteiger charge is -2.08. The molecule has 0 aromatic heterocycles. The molecule has 19 heavy (non-hydrogen) atoms. The molecule has 2 fully saturated rings. The maximum atomic E-state index is 11.0. The molecule has 2 heterocycles. The van der Waals surface area contributed by atoms with Gasteiger partial charge in [-0.2, -0.15) is 0 Å². The molecule has 0 aliphatic carbocycles. The quantitative estimate of drug-likeness (QED) is 0.459. The third kappa shape index (κ3) is 2.04. The van der Waals surface area contributed by atoms with Crippen LogP contribution in [0.5, 0.6) is 0 Å². The van der Waals surface area contributed by atoms with Gasteiger partial charge >= 0.3 is 0 Å². The minimum atomic E-state index is -0.628. The highest BCUT2D eigenvalue weighted by Crippen LogP contribution is 2.37. The molecule has 8 heteroatoms. The average molecular weight is 265 g/mol. The van der Waals surface area contributed by atoms with Crippen LogP contribution in [0.25, 0.3) is 0 Å². The largest absolute Gasteiger partial charge is 0.378 e. The summed E-state index contributed by atoms with van der Waals surface area (Å²) < 4.78 is 5.24. The molecule has 2 aliphatic rings. The first-order chi connectivity index (χ1) is 9.08. The smallest absolute Gasteiger partial charge is 0.280 e. The molecule has 0 saturated carbocycles. The summed E-state index contributed by atoms with van der Waals surface area (Å²) in [6.07, 6.45) is 0. The van der Waals surface area contributed by atoms with Gasteiger partial charge in [-0.1, -0.05) is 0 Å². The van der Waals surface area contributed by atoms with Gasteiger partial charge < -0.3 is 4.74 Å². The Kier molecular flexibility index (Phi) is 2.68. The Morgan fingerprint density at radius 3 is 2.47 bits per heavy atom. The first kappa shape index (κ1) is 12.0. The second-order valence-corrected chi connectivity index (χ2v) is 4.67. The Balaban J connectivity index is 1.84. The zero-order chi connectivity index (χ0) is 13.6. The second-order valence-electron chi connectivity index (χ2n) is 4.67. The molecule has 2 aliphatic heterocycles. The van der Waals surface area contributed by atoms with Crippen molar-refractivity contribution in [3.63, 3.8) is 0 Å². The predicted molar refractivity (Wildman–Crippen MR) is 63.7 cm³/mol. The van der Waals surface area contributed by atoms with Crippen LogP contribution in [0.4, 0.5) is 11.4 Å². The van der Waals surface area contributed by atoms with Crippen LogP contribution in [0.3, 0.4) is 0 Å². The van der Waals surface area contributed by atoms with E-state index in [2.05, 4.69) is 4.90 Å². The Morgan fingerprint density at radius 1 is 1.21 bits per heavy atom. The minimum absolute atomic E-state index is 0.194. The number of non-ortho nitro benzene ring substituents is 1. The van der Waals surface area contributed by atoms with E-state index < -0.39 is 9.85 Å². The summed E-state index contributed by atoms with van der Waals surface area (Å²) in [5.74, 6) is 0. The van der Waals surface area contributed by atoms with E-state index in [0.29, 0.717) is 37.4 Å². The fourth-order valence-electron chi connectivity index (χ4n) is 2.52. The Hall–Kier alpha value is -2.06. The zero-order valence-corrected chi connectivity index (χ0v) is 9.89. The SMILES string of the molecule is O=[N+]([O-])c1ccc(CN2[C@@H]3COC[C@@H]32)c([N+](=O)[O-])c1. The normalized spacial score (nSPS) is 27.9. The van der Waals surface area contributed by atoms with Crippen molar-refractivity contribution in [2.45, 2.75) is 18.6 Å². The number of hydrogen-bond donors (Lipinski definition) is 0. The van der Waals surface area contributed by atoms with Crippen molar-refractivity contribution in [3.05, 3.63) is 44.0 Å². The van der Waals surface area contributed by atoms with Crippen molar-refractivity contribution in [2.75, 3.05) is 13.2 Å². The van der Waals surface area contributed by atoms with Crippen LogP contribution >= 0.6 is 0 Å². The zero-order valence-electron chi connectivity index (χ0n) is 9.89. The molecule has 0 radical (unpaired) electrons. The molecule has 0 spiro atoms. The highest BCUT2D eigenvalue weighted by Gasteiger charge is 2.51. The fourth-order valence-corrected chi connectivity index (χ4v) is 2.52. The van der Waals surface area contributed by atoms with Crippen LogP contribution in [0.2, 0.25) is 0 Å². The summed E-state index contributed by atoms with van der Waals surface area (Å²) in [5.41, 5.74) is 0.0508. The summed E-state index contributed by atoms with van der Waals surface area (Å²) in [6, 6.07) is 4.47. The molecule has 1 aromatic carbocycles. The molecule has 2 saturated heterocycles. The van der Waals surface area contributed by atoms with Crippen molar-refractivity contribution < 1.29 is 14.6 Å². The van der Waals surface area contributed by atoms with E-state index in [1.165, 1.54) is 12.1 Å². The monoisotopic (exact) mass is 265 g/mol. The third-order valence-electron chi connectivity index (χ3n) is 3.61. The highest BCUT2D eigenvalue weighted by molar-refractivity contribution is 5.49. The number of morpholine rings is 1. The van der Waals surface area contributed by atoms with Gasteiger partial charge in [-0.3, -0.25) is 25.1 Å². The van der Waals surface area contributed by atoms with Gasteiger partial charge in [0, 0.05) is 18.2 Å². The number of benzene rings is 1. The number of nitro groups is 2. The van der Waals surface area contributed by atoms with Crippen molar-refractivity contribution in [1.82, 2.24) is 4.90 Å². The Labute approximate surface area is 107 Å². The summed E-state index contributed by atoms with van der Waals surface area (Å²) in [7, 11) is 0. The second kappa shape index (κ2) is 4.25. The summed E-state index contributed by atoms with van der Waals surface area (Å²) in [5, 5.41) is 21.6. The number of hydrogen-bond acceptors (Lipinski definition) is 6. The van der Waals surface area contributed by atoms with Crippen LogP contribution in [0, 0.1) is 20.2 Å². The van der Waals surface area contributed by atoms with E-state index >= 15 is 0 Å². The van der Waals surface area contributed by atoms with Crippen LogP contribution in [0.1, 0.15) is 5.56 Å². The van der Waals surface area contributed by atoms with Gasteiger partial charge in [0.15, 0.2) is 0 Å². The van der Waals surface area contributed by atoms with E-state index in [4.69, 9.17) is 4.74 Å².